The minimum Gasteiger partial charge on any atom is -0.269 e. The van der Waals surface area contributed by atoms with Gasteiger partial charge in [0.15, 0.2) is 0 Å². The van der Waals surface area contributed by atoms with Crippen LogP contribution in [0, 0.1) is 0 Å². The first-order chi connectivity index (χ1) is 4.74. The van der Waals surface area contributed by atoms with Crippen LogP contribution in [0.4, 0.5) is 0 Å². The van der Waals surface area contributed by atoms with Crippen molar-refractivity contribution in [2.75, 3.05) is 0 Å². The normalized spacial score (nSPS) is 13.5. The highest BCUT2D eigenvalue weighted by Crippen LogP contribution is 2.06. The van der Waals surface area contributed by atoms with Crippen LogP contribution in [-0.2, 0) is 0 Å². The van der Waals surface area contributed by atoms with Gasteiger partial charge < -0.3 is 0 Å². The molecule has 0 saturated carbocycles. The van der Waals surface area contributed by atoms with Crippen molar-refractivity contribution in [2.45, 2.75) is 27.2 Å². The molecule has 0 heterocycles. The molecular formula is C9H15N. The first-order valence-corrected chi connectivity index (χ1v) is 3.54. The first kappa shape index (κ1) is 9.15. The van der Waals surface area contributed by atoms with E-state index in [-0.39, 0.29) is 0 Å². The predicted octanol–water partition coefficient (Wildman–Crippen LogP) is 2.95. The van der Waals surface area contributed by atoms with E-state index in [9.17, 15) is 0 Å². The SMILES string of the molecule is C=N/C(C)=C\C(=C/C)CC. The van der Waals surface area contributed by atoms with Crippen LogP contribution >= 0.6 is 0 Å². The maximum absolute atomic E-state index is 3.79. The summed E-state index contributed by atoms with van der Waals surface area (Å²) in [5.74, 6) is 0. The standard InChI is InChI=1S/C9H15N/c1-5-9(6-2)7-8(3)10-4/h5,7H,4,6H2,1-3H3/b8-7-,9-5-. The van der Waals surface area contributed by atoms with Crippen molar-refractivity contribution < 1.29 is 0 Å². The third kappa shape index (κ3) is 3.23. The van der Waals surface area contributed by atoms with Crippen LogP contribution in [0.5, 0.6) is 0 Å². The number of hydrogen-bond donors (Lipinski definition) is 0. The van der Waals surface area contributed by atoms with Gasteiger partial charge in [-0.3, -0.25) is 4.99 Å². The smallest absolute Gasteiger partial charge is 0.0368 e. The lowest BCUT2D eigenvalue weighted by atomic mass is 10.2. The van der Waals surface area contributed by atoms with Crippen molar-refractivity contribution in [1.29, 1.82) is 0 Å². The highest BCUT2D eigenvalue weighted by molar-refractivity contribution is 5.31. The molecule has 0 spiro atoms. The van der Waals surface area contributed by atoms with E-state index in [1.165, 1.54) is 5.57 Å². The third-order valence-electron chi connectivity index (χ3n) is 1.42. The molecule has 0 radical (unpaired) electrons. The lowest BCUT2D eigenvalue weighted by molar-refractivity contribution is 1.12. The summed E-state index contributed by atoms with van der Waals surface area (Å²) in [6.07, 6.45) is 5.20. The van der Waals surface area contributed by atoms with Gasteiger partial charge in [0.1, 0.15) is 0 Å². The summed E-state index contributed by atoms with van der Waals surface area (Å²) < 4.78 is 0. The molecule has 0 aliphatic rings. The maximum atomic E-state index is 3.79. The van der Waals surface area contributed by atoms with Crippen molar-refractivity contribution in [1.82, 2.24) is 0 Å². The Morgan fingerprint density at radius 3 is 2.50 bits per heavy atom. The Morgan fingerprint density at radius 1 is 1.60 bits per heavy atom. The van der Waals surface area contributed by atoms with Gasteiger partial charge in [0.2, 0.25) is 0 Å². The summed E-state index contributed by atoms with van der Waals surface area (Å²) in [5, 5.41) is 0. The van der Waals surface area contributed by atoms with Crippen molar-refractivity contribution in [3.63, 3.8) is 0 Å². The van der Waals surface area contributed by atoms with Gasteiger partial charge in [-0.25, -0.2) is 0 Å². The van der Waals surface area contributed by atoms with Gasteiger partial charge in [-0.05, 0) is 33.1 Å². The predicted molar refractivity (Wildman–Crippen MR) is 47.4 cm³/mol. The monoisotopic (exact) mass is 137 g/mol. The molecule has 10 heavy (non-hydrogen) atoms. The number of allylic oxidation sites excluding steroid dienone is 4. The molecule has 56 valence electrons. The number of nitrogens with zero attached hydrogens (tertiary/aromatic N) is 1. The van der Waals surface area contributed by atoms with Gasteiger partial charge in [-0.15, -0.1) is 0 Å². The Kier molecular flexibility index (Phi) is 4.55. The van der Waals surface area contributed by atoms with Gasteiger partial charge >= 0.3 is 0 Å². The zero-order valence-electron chi connectivity index (χ0n) is 7.02. The zero-order chi connectivity index (χ0) is 7.98. The Morgan fingerprint density at radius 2 is 2.20 bits per heavy atom. The molecular weight excluding hydrogens is 122 g/mol. The van der Waals surface area contributed by atoms with Crippen LogP contribution in [0.25, 0.3) is 0 Å². The van der Waals surface area contributed by atoms with E-state index in [1.807, 2.05) is 19.9 Å². The quantitative estimate of drug-likeness (QED) is 0.419. The van der Waals surface area contributed by atoms with Gasteiger partial charge in [0, 0.05) is 5.70 Å². The molecule has 0 aromatic heterocycles. The molecule has 0 atom stereocenters. The van der Waals surface area contributed by atoms with E-state index in [1.54, 1.807) is 0 Å². The second-order valence-electron chi connectivity index (χ2n) is 2.16. The molecule has 0 aliphatic heterocycles. The molecule has 0 aliphatic carbocycles. The summed E-state index contributed by atoms with van der Waals surface area (Å²) in [6.45, 7) is 9.55. The highest BCUT2D eigenvalue weighted by atomic mass is 14.7. The van der Waals surface area contributed by atoms with Crippen LogP contribution in [0.15, 0.2) is 28.4 Å². The average Bonchev–Trinajstić information content (AvgIpc) is 1.99. The summed E-state index contributed by atoms with van der Waals surface area (Å²) >= 11 is 0. The van der Waals surface area contributed by atoms with Crippen molar-refractivity contribution in [3.8, 4) is 0 Å². The molecule has 1 heteroatoms. The fraction of sp³-hybridized carbons (Fsp3) is 0.444. The highest BCUT2D eigenvalue weighted by Gasteiger charge is 1.86. The second kappa shape index (κ2) is 4.98. The summed E-state index contributed by atoms with van der Waals surface area (Å²) in [5.41, 5.74) is 2.29. The fourth-order valence-corrected chi connectivity index (χ4v) is 0.703. The van der Waals surface area contributed by atoms with Crippen LogP contribution in [0.3, 0.4) is 0 Å². The largest absolute Gasteiger partial charge is 0.269 e. The Bertz CT molecular complexity index is 164. The first-order valence-electron chi connectivity index (χ1n) is 3.54. The van der Waals surface area contributed by atoms with E-state index in [2.05, 4.69) is 24.7 Å². The minimum atomic E-state index is 0.981. The summed E-state index contributed by atoms with van der Waals surface area (Å²) in [7, 11) is 0. The minimum absolute atomic E-state index is 0.981. The van der Waals surface area contributed by atoms with E-state index in [0.717, 1.165) is 12.1 Å². The molecule has 0 fully saturated rings. The molecule has 0 aromatic rings. The molecule has 1 nitrogen and oxygen atoms in total. The van der Waals surface area contributed by atoms with Crippen LogP contribution in [0.2, 0.25) is 0 Å². The Labute approximate surface area is 63.2 Å². The lowest BCUT2D eigenvalue weighted by Crippen LogP contribution is -1.75. The number of aliphatic imine (C=N–C) groups is 1. The topological polar surface area (TPSA) is 12.4 Å². The van der Waals surface area contributed by atoms with Gasteiger partial charge in [-0.2, -0.15) is 0 Å². The van der Waals surface area contributed by atoms with Crippen molar-refractivity contribution in [3.05, 3.63) is 23.4 Å². The van der Waals surface area contributed by atoms with E-state index < -0.39 is 0 Å². The fourth-order valence-electron chi connectivity index (χ4n) is 0.703. The van der Waals surface area contributed by atoms with E-state index >= 15 is 0 Å². The second-order valence-corrected chi connectivity index (χ2v) is 2.16. The third-order valence-corrected chi connectivity index (χ3v) is 1.42. The molecule has 0 N–H and O–H groups in total. The average molecular weight is 137 g/mol. The number of hydrogen-bond acceptors (Lipinski definition) is 1. The van der Waals surface area contributed by atoms with Crippen molar-refractivity contribution >= 4 is 6.72 Å². The van der Waals surface area contributed by atoms with Gasteiger partial charge in [0.05, 0.1) is 0 Å². The maximum Gasteiger partial charge on any atom is 0.0368 e. The van der Waals surface area contributed by atoms with Crippen LogP contribution in [0.1, 0.15) is 27.2 Å². The van der Waals surface area contributed by atoms with Gasteiger partial charge in [-0.1, -0.05) is 18.6 Å². The Balaban J connectivity index is 4.22. The zero-order valence-corrected chi connectivity index (χ0v) is 7.02. The summed E-state index contributed by atoms with van der Waals surface area (Å²) in [4.78, 5) is 3.79. The Hall–Kier alpha value is -0.850. The van der Waals surface area contributed by atoms with E-state index in [4.69, 9.17) is 0 Å². The van der Waals surface area contributed by atoms with Crippen molar-refractivity contribution in [2.24, 2.45) is 4.99 Å². The van der Waals surface area contributed by atoms with Crippen LogP contribution in [-0.4, -0.2) is 6.72 Å². The molecule has 0 unspecified atom stereocenters. The molecule has 0 bridgehead atoms. The molecule has 0 aromatic carbocycles. The van der Waals surface area contributed by atoms with E-state index in [0.29, 0.717) is 0 Å². The molecule has 0 amide bonds. The molecule has 0 rings (SSSR count). The number of rotatable bonds is 3. The summed E-state index contributed by atoms with van der Waals surface area (Å²) in [6, 6.07) is 0. The molecule has 0 saturated heterocycles. The van der Waals surface area contributed by atoms with Gasteiger partial charge in [0.25, 0.3) is 0 Å². The lowest BCUT2D eigenvalue weighted by Gasteiger charge is -1.95. The van der Waals surface area contributed by atoms with Crippen LogP contribution < -0.4 is 0 Å².